The summed E-state index contributed by atoms with van der Waals surface area (Å²) in [6, 6.07) is 11.6. The van der Waals surface area contributed by atoms with Gasteiger partial charge in [0.25, 0.3) is 0 Å². The molecule has 3 nitrogen and oxygen atoms in total. The molecule has 0 amide bonds. The molecule has 3 heteroatoms. The van der Waals surface area contributed by atoms with Gasteiger partial charge < -0.3 is 5.11 Å². The van der Waals surface area contributed by atoms with Gasteiger partial charge in [0, 0.05) is 18.8 Å². The van der Waals surface area contributed by atoms with Crippen LogP contribution in [0.2, 0.25) is 0 Å². The molecule has 0 saturated carbocycles. The van der Waals surface area contributed by atoms with Crippen LogP contribution in [0.3, 0.4) is 0 Å². The largest absolute Gasteiger partial charge is 0.395 e. The highest BCUT2D eigenvalue weighted by Gasteiger charge is 2.20. The Hall–Kier alpha value is -2.00. The molecule has 0 bridgehead atoms. The molecule has 2 rings (SSSR count). The Balaban J connectivity index is 2.05. The van der Waals surface area contributed by atoms with E-state index in [2.05, 4.69) is 4.98 Å². The zero-order chi connectivity index (χ0) is 14.4. The first-order valence-corrected chi connectivity index (χ1v) is 6.80. The van der Waals surface area contributed by atoms with Gasteiger partial charge in [-0.1, -0.05) is 24.3 Å². The van der Waals surface area contributed by atoms with Crippen molar-refractivity contribution in [2.75, 3.05) is 6.61 Å². The van der Waals surface area contributed by atoms with Crippen molar-refractivity contribution >= 4 is 5.78 Å². The summed E-state index contributed by atoms with van der Waals surface area (Å²) in [5.41, 5.74) is 3.06. The second-order valence-corrected chi connectivity index (χ2v) is 4.91. The van der Waals surface area contributed by atoms with Gasteiger partial charge >= 0.3 is 0 Å². The first-order chi connectivity index (χ1) is 9.72. The summed E-state index contributed by atoms with van der Waals surface area (Å²) in [7, 11) is 0. The zero-order valence-corrected chi connectivity index (χ0v) is 11.6. The number of Topliss-reactive ketones (excluding diaryl/α,β-unsaturated/α-hetero) is 1. The molecule has 20 heavy (non-hydrogen) atoms. The minimum Gasteiger partial charge on any atom is -0.395 e. The quantitative estimate of drug-likeness (QED) is 0.877. The number of carbonyl (C=O) groups excluding carboxylic acids is 1. The topological polar surface area (TPSA) is 50.2 Å². The number of benzene rings is 1. The third-order valence-electron chi connectivity index (χ3n) is 3.54. The van der Waals surface area contributed by atoms with E-state index in [9.17, 15) is 9.90 Å². The number of hydrogen-bond acceptors (Lipinski definition) is 3. The average molecular weight is 269 g/mol. The predicted octanol–water partition coefficient (Wildman–Crippen LogP) is 2.67. The van der Waals surface area contributed by atoms with Crippen LogP contribution in [0.1, 0.15) is 29.0 Å². The Morgan fingerprint density at radius 1 is 1.20 bits per heavy atom. The van der Waals surface area contributed by atoms with E-state index < -0.39 is 5.92 Å². The van der Waals surface area contributed by atoms with Crippen LogP contribution < -0.4 is 0 Å². The second kappa shape index (κ2) is 6.96. The first kappa shape index (κ1) is 14.4. The van der Waals surface area contributed by atoms with Crippen LogP contribution in [0, 0.1) is 6.92 Å². The van der Waals surface area contributed by atoms with E-state index in [1.54, 1.807) is 12.4 Å². The fourth-order valence-electron chi connectivity index (χ4n) is 2.34. The minimum atomic E-state index is -0.418. The molecule has 1 atom stereocenters. The minimum absolute atomic E-state index is 0.0820. The van der Waals surface area contributed by atoms with E-state index in [0.717, 1.165) is 16.7 Å². The molecular weight excluding hydrogens is 250 g/mol. The fourth-order valence-corrected chi connectivity index (χ4v) is 2.34. The molecule has 0 aliphatic carbocycles. The van der Waals surface area contributed by atoms with Crippen molar-refractivity contribution in [2.24, 2.45) is 0 Å². The van der Waals surface area contributed by atoms with Crippen molar-refractivity contribution < 1.29 is 9.90 Å². The number of aryl methyl sites for hydroxylation is 2. The van der Waals surface area contributed by atoms with Crippen LogP contribution in [0.5, 0.6) is 0 Å². The number of ketones is 1. The third kappa shape index (κ3) is 3.52. The summed E-state index contributed by atoms with van der Waals surface area (Å²) < 4.78 is 0. The van der Waals surface area contributed by atoms with Crippen LogP contribution in [0.4, 0.5) is 0 Å². The van der Waals surface area contributed by atoms with Gasteiger partial charge in [-0.15, -0.1) is 0 Å². The van der Waals surface area contributed by atoms with Crippen LogP contribution in [0.25, 0.3) is 0 Å². The van der Waals surface area contributed by atoms with E-state index in [4.69, 9.17) is 0 Å². The molecule has 0 radical (unpaired) electrons. The van der Waals surface area contributed by atoms with E-state index in [0.29, 0.717) is 12.8 Å². The van der Waals surface area contributed by atoms with E-state index >= 15 is 0 Å². The van der Waals surface area contributed by atoms with Crippen LogP contribution >= 0.6 is 0 Å². The van der Waals surface area contributed by atoms with Gasteiger partial charge in [0.15, 0.2) is 0 Å². The van der Waals surface area contributed by atoms with Crippen LogP contribution in [0.15, 0.2) is 48.8 Å². The Labute approximate surface area is 119 Å². The van der Waals surface area contributed by atoms with Gasteiger partial charge in [-0.25, -0.2) is 0 Å². The molecule has 1 heterocycles. The highest BCUT2D eigenvalue weighted by Crippen LogP contribution is 2.22. The van der Waals surface area contributed by atoms with E-state index in [1.807, 2.05) is 43.3 Å². The van der Waals surface area contributed by atoms with Crippen molar-refractivity contribution in [1.29, 1.82) is 0 Å². The number of pyridine rings is 1. The average Bonchev–Trinajstić information content (AvgIpc) is 2.49. The Morgan fingerprint density at radius 2 is 1.90 bits per heavy atom. The number of aliphatic hydroxyl groups is 1. The number of hydrogen-bond donors (Lipinski definition) is 1. The summed E-state index contributed by atoms with van der Waals surface area (Å²) in [4.78, 5) is 16.3. The van der Waals surface area contributed by atoms with Gasteiger partial charge in [0.1, 0.15) is 5.78 Å². The lowest BCUT2D eigenvalue weighted by molar-refractivity contribution is -0.121. The number of carbonyl (C=O) groups is 1. The number of aliphatic hydroxyl groups excluding tert-OH is 1. The smallest absolute Gasteiger partial charge is 0.142 e. The lowest BCUT2D eigenvalue weighted by atomic mass is 9.89. The van der Waals surface area contributed by atoms with Crippen molar-refractivity contribution in [1.82, 2.24) is 4.98 Å². The molecular formula is C17H19NO2. The van der Waals surface area contributed by atoms with E-state index in [-0.39, 0.29) is 12.4 Å². The van der Waals surface area contributed by atoms with Crippen LogP contribution in [-0.2, 0) is 11.2 Å². The number of rotatable bonds is 6. The SMILES string of the molecule is Cc1ccccc1C(CO)C(=O)CCc1ccncc1. The molecule has 104 valence electrons. The van der Waals surface area contributed by atoms with Crippen molar-refractivity contribution in [2.45, 2.75) is 25.7 Å². The summed E-state index contributed by atoms with van der Waals surface area (Å²) in [6.45, 7) is 1.83. The van der Waals surface area contributed by atoms with Crippen LogP contribution in [-0.4, -0.2) is 22.5 Å². The molecule has 1 aromatic heterocycles. The maximum Gasteiger partial charge on any atom is 0.142 e. The fraction of sp³-hybridized carbons (Fsp3) is 0.294. The maximum absolute atomic E-state index is 12.3. The molecule has 0 saturated heterocycles. The van der Waals surface area contributed by atoms with Gasteiger partial charge in [0.2, 0.25) is 0 Å². The number of nitrogens with zero attached hydrogens (tertiary/aromatic N) is 1. The summed E-state index contributed by atoms with van der Waals surface area (Å²) in [5.74, 6) is -0.336. The molecule has 1 N–H and O–H groups in total. The maximum atomic E-state index is 12.3. The Bertz CT molecular complexity index is 566. The Kier molecular flexibility index (Phi) is 5.02. The van der Waals surface area contributed by atoms with Crippen molar-refractivity contribution in [3.8, 4) is 0 Å². The molecule has 2 aromatic rings. The molecule has 0 spiro atoms. The third-order valence-corrected chi connectivity index (χ3v) is 3.54. The van der Waals surface area contributed by atoms with Crippen molar-refractivity contribution in [3.05, 3.63) is 65.5 Å². The van der Waals surface area contributed by atoms with Gasteiger partial charge in [0.05, 0.1) is 12.5 Å². The van der Waals surface area contributed by atoms with Gasteiger partial charge in [-0.2, -0.15) is 0 Å². The second-order valence-electron chi connectivity index (χ2n) is 4.91. The first-order valence-electron chi connectivity index (χ1n) is 6.80. The standard InChI is InChI=1S/C17H19NO2/c1-13-4-2-3-5-15(13)16(12-19)17(20)7-6-14-8-10-18-11-9-14/h2-5,8-11,16,19H,6-7,12H2,1H3. The molecule has 0 aliphatic rings. The predicted molar refractivity (Wildman–Crippen MR) is 78.6 cm³/mol. The van der Waals surface area contributed by atoms with Gasteiger partial charge in [-0.3, -0.25) is 9.78 Å². The highest BCUT2D eigenvalue weighted by molar-refractivity contribution is 5.86. The Morgan fingerprint density at radius 3 is 2.55 bits per heavy atom. The molecule has 0 aliphatic heterocycles. The molecule has 1 aromatic carbocycles. The number of aromatic nitrogens is 1. The lowest BCUT2D eigenvalue weighted by Crippen LogP contribution is -2.18. The summed E-state index contributed by atoms with van der Waals surface area (Å²) in [6.07, 6.45) is 4.57. The monoisotopic (exact) mass is 269 g/mol. The van der Waals surface area contributed by atoms with E-state index in [1.165, 1.54) is 0 Å². The molecule has 1 unspecified atom stereocenters. The molecule has 0 fully saturated rings. The normalized spacial score (nSPS) is 12.1. The van der Waals surface area contributed by atoms with Crippen molar-refractivity contribution in [3.63, 3.8) is 0 Å². The summed E-state index contributed by atoms with van der Waals surface area (Å²) >= 11 is 0. The summed E-state index contributed by atoms with van der Waals surface area (Å²) in [5, 5.41) is 9.54. The lowest BCUT2D eigenvalue weighted by Gasteiger charge is -2.16. The van der Waals surface area contributed by atoms with Gasteiger partial charge in [-0.05, 0) is 42.2 Å². The zero-order valence-electron chi connectivity index (χ0n) is 11.6. The highest BCUT2D eigenvalue weighted by atomic mass is 16.3.